The minimum absolute atomic E-state index is 0.201. The summed E-state index contributed by atoms with van der Waals surface area (Å²) < 4.78 is 5.28. The average Bonchev–Trinajstić information content (AvgIpc) is 2.95. The molecule has 2 aromatic rings. The van der Waals surface area contributed by atoms with Crippen LogP contribution in [0.4, 0.5) is 0 Å². The van der Waals surface area contributed by atoms with Crippen LogP contribution in [0.15, 0.2) is 33.9 Å². The largest absolute Gasteiger partial charge is 0.338 e. The third-order valence-electron chi connectivity index (χ3n) is 3.85. The standard InChI is InChI=1S/C15H20N4OS/c1-11(15-17-12(2)18-20-15)19-9-6-13(7-10-19)21-14-5-3-4-8-16-14/h3-5,8,11,13H,6-7,9-10H2,1-2H3/t11-/m1/s1. The van der Waals surface area contributed by atoms with Crippen LogP contribution < -0.4 is 0 Å². The van der Waals surface area contributed by atoms with Crippen LogP contribution in [0.3, 0.4) is 0 Å². The summed E-state index contributed by atoms with van der Waals surface area (Å²) in [6.07, 6.45) is 4.19. The lowest BCUT2D eigenvalue weighted by Crippen LogP contribution is -2.36. The molecule has 0 N–H and O–H groups in total. The van der Waals surface area contributed by atoms with Gasteiger partial charge in [0.05, 0.1) is 11.1 Å². The molecule has 1 aliphatic heterocycles. The SMILES string of the molecule is Cc1noc([C@@H](C)N2CCC(Sc3ccccn3)CC2)n1. The van der Waals surface area contributed by atoms with E-state index in [1.54, 1.807) is 0 Å². The minimum atomic E-state index is 0.201. The molecular weight excluding hydrogens is 284 g/mol. The highest BCUT2D eigenvalue weighted by Crippen LogP contribution is 2.31. The van der Waals surface area contributed by atoms with E-state index in [0.29, 0.717) is 11.1 Å². The minimum Gasteiger partial charge on any atom is -0.338 e. The number of aryl methyl sites for hydroxylation is 1. The lowest BCUT2D eigenvalue weighted by atomic mass is 10.1. The normalized spacial score (nSPS) is 18.8. The lowest BCUT2D eigenvalue weighted by Gasteiger charge is -2.34. The maximum absolute atomic E-state index is 5.28. The van der Waals surface area contributed by atoms with Crippen molar-refractivity contribution >= 4 is 11.8 Å². The maximum Gasteiger partial charge on any atom is 0.243 e. The molecule has 3 rings (SSSR count). The molecule has 21 heavy (non-hydrogen) atoms. The monoisotopic (exact) mass is 304 g/mol. The van der Waals surface area contributed by atoms with E-state index < -0.39 is 0 Å². The molecule has 0 aliphatic carbocycles. The zero-order chi connectivity index (χ0) is 14.7. The summed E-state index contributed by atoms with van der Waals surface area (Å²) in [6.45, 7) is 6.12. The number of likely N-dealkylation sites (tertiary alicyclic amines) is 1. The van der Waals surface area contributed by atoms with E-state index in [1.807, 2.05) is 37.0 Å². The van der Waals surface area contributed by atoms with E-state index in [2.05, 4.69) is 33.0 Å². The number of pyridine rings is 1. The van der Waals surface area contributed by atoms with Crippen LogP contribution in [0.2, 0.25) is 0 Å². The van der Waals surface area contributed by atoms with Gasteiger partial charge in [-0.25, -0.2) is 4.98 Å². The van der Waals surface area contributed by atoms with Gasteiger partial charge in [0, 0.05) is 11.4 Å². The highest BCUT2D eigenvalue weighted by molar-refractivity contribution is 7.99. The highest BCUT2D eigenvalue weighted by atomic mass is 32.2. The van der Waals surface area contributed by atoms with Gasteiger partial charge >= 0.3 is 0 Å². The molecule has 0 amide bonds. The van der Waals surface area contributed by atoms with Gasteiger partial charge in [0.25, 0.3) is 0 Å². The van der Waals surface area contributed by atoms with Crippen molar-refractivity contribution in [2.45, 2.75) is 43.0 Å². The van der Waals surface area contributed by atoms with Crippen LogP contribution in [0, 0.1) is 6.92 Å². The first-order valence-electron chi connectivity index (χ1n) is 7.34. The van der Waals surface area contributed by atoms with E-state index in [4.69, 9.17) is 4.52 Å². The fourth-order valence-electron chi connectivity index (χ4n) is 2.61. The number of aromatic nitrogens is 3. The summed E-state index contributed by atoms with van der Waals surface area (Å²) in [5.74, 6) is 1.43. The van der Waals surface area contributed by atoms with Gasteiger partial charge in [0.2, 0.25) is 5.89 Å². The Labute approximate surface area is 129 Å². The predicted molar refractivity (Wildman–Crippen MR) is 82.1 cm³/mol. The Balaban J connectivity index is 1.53. The number of thioether (sulfide) groups is 1. The van der Waals surface area contributed by atoms with Crippen molar-refractivity contribution in [3.63, 3.8) is 0 Å². The Bertz CT molecular complexity index is 566. The molecule has 1 atom stereocenters. The second kappa shape index (κ2) is 6.58. The van der Waals surface area contributed by atoms with Gasteiger partial charge in [-0.2, -0.15) is 4.98 Å². The Hall–Kier alpha value is -1.40. The van der Waals surface area contributed by atoms with Crippen LogP contribution in [-0.4, -0.2) is 38.4 Å². The molecule has 5 nitrogen and oxygen atoms in total. The molecular formula is C15H20N4OS. The molecule has 0 unspecified atom stereocenters. The molecule has 6 heteroatoms. The number of hydrogen-bond donors (Lipinski definition) is 0. The quantitative estimate of drug-likeness (QED) is 0.865. The van der Waals surface area contributed by atoms with E-state index >= 15 is 0 Å². The van der Waals surface area contributed by atoms with Crippen molar-refractivity contribution in [2.24, 2.45) is 0 Å². The van der Waals surface area contributed by atoms with Gasteiger partial charge < -0.3 is 4.52 Å². The van der Waals surface area contributed by atoms with Gasteiger partial charge in [-0.15, -0.1) is 11.8 Å². The third kappa shape index (κ3) is 3.63. The molecule has 0 saturated carbocycles. The fourth-order valence-corrected chi connectivity index (χ4v) is 3.67. The maximum atomic E-state index is 5.28. The van der Waals surface area contributed by atoms with Gasteiger partial charge in [0.15, 0.2) is 5.82 Å². The number of nitrogens with zero attached hydrogens (tertiary/aromatic N) is 4. The summed E-state index contributed by atoms with van der Waals surface area (Å²) in [7, 11) is 0. The Morgan fingerprint density at radius 3 is 2.76 bits per heavy atom. The van der Waals surface area contributed by atoms with Crippen LogP contribution in [-0.2, 0) is 0 Å². The summed E-state index contributed by atoms with van der Waals surface area (Å²) in [5, 5.41) is 5.65. The summed E-state index contributed by atoms with van der Waals surface area (Å²) >= 11 is 1.89. The molecule has 1 saturated heterocycles. The van der Waals surface area contributed by atoms with E-state index in [9.17, 15) is 0 Å². The van der Waals surface area contributed by atoms with Crippen molar-refractivity contribution in [3.05, 3.63) is 36.1 Å². The zero-order valence-electron chi connectivity index (χ0n) is 12.4. The smallest absolute Gasteiger partial charge is 0.243 e. The number of hydrogen-bond acceptors (Lipinski definition) is 6. The highest BCUT2D eigenvalue weighted by Gasteiger charge is 2.27. The first kappa shape index (κ1) is 14.5. The molecule has 0 spiro atoms. The van der Waals surface area contributed by atoms with Crippen molar-refractivity contribution in [1.29, 1.82) is 0 Å². The average molecular weight is 304 g/mol. The first-order valence-corrected chi connectivity index (χ1v) is 8.22. The number of rotatable bonds is 4. The predicted octanol–water partition coefficient (Wildman–Crippen LogP) is 3.09. The summed E-state index contributed by atoms with van der Waals surface area (Å²) in [5.41, 5.74) is 0. The van der Waals surface area contributed by atoms with Gasteiger partial charge in [-0.05, 0) is 51.9 Å². The Morgan fingerprint density at radius 2 is 2.14 bits per heavy atom. The molecule has 1 aliphatic rings. The second-order valence-electron chi connectivity index (χ2n) is 5.38. The van der Waals surface area contributed by atoms with Crippen molar-refractivity contribution < 1.29 is 4.52 Å². The summed E-state index contributed by atoms with van der Waals surface area (Å²) in [6, 6.07) is 6.29. The van der Waals surface area contributed by atoms with Crippen molar-refractivity contribution in [3.8, 4) is 0 Å². The van der Waals surface area contributed by atoms with Gasteiger partial charge in [-0.3, -0.25) is 4.90 Å². The molecule has 0 radical (unpaired) electrons. The van der Waals surface area contributed by atoms with E-state index in [1.165, 1.54) is 12.8 Å². The van der Waals surface area contributed by atoms with Crippen LogP contribution in [0.1, 0.15) is 37.5 Å². The lowest BCUT2D eigenvalue weighted by molar-refractivity contribution is 0.148. The van der Waals surface area contributed by atoms with Crippen LogP contribution in [0.5, 0.6) is 0 Å². The van der Waals surface area contributed by atoms with E-state index in [-0.39, 0.29) is 6.04 Å². The summed E-state index contributed by atoms with van der Waals surface area (Å²) in [4.78, 5) is 11.2. The van der Waals surface area contributed by atoms with Crippen molar-refractivity contribution in [2.75, 3.05) is 13.1 Å². The molecule has 112 valence electrons. The Kier molecular flexibility index (Phi) is 4.55. The third-order valence-corrected chi connectivity index (χ3v) is 5.14. The van der Waals surface area contributed by atoms with Crippen LogP contribution in [0.25, 0.3) is 0 Å². The second-order valence-corrected chi connectivity index (χ2v) is 6.70. The Morgan fingerprint density at radius 1 is 1.33 bits per heavy atom. The molecule has 3 heterocycles. The molecule has 0 aromatic carbocycles. The van der Waals surface area contributed by atoms with Gasteiger partial charge in [0.1, 0.15) is 0 Å². The zero-order valence-corrected chi connectivity index (χ0v) is 13.2. The molecule has 1 fully saturated rings. The van der Waals surface area contributed by atoms with Crippen molar-refractivity contribution in [1.82, 2.24) is 20.0 Å². The fraction of sp³-hybridized carbons (Fsp3) is 0.533. The van der Waals surface area contributed by atoms with Gasteiger partial charge in [-0.1, -0.05) is 11.2 Å². The first-order chi connectivity index (χ1) is 10.2. The van der Waals surface area contributed by atoms with E-state index in [0.717, 1.165) is 24.0 Å². The topological polar surface area (TPSA) is 55.1 Å². The molecule has 0 bridgehead atoms. The van der Waals surface area contributed by atoms with Crippen LogP contribution >= 0.6 is 11.8 Å². The molecule has 2 aromatic heterocycles. The number of piperidine rings is 1.